The second kappa shape index (κ2) is 6.71. The van der Waals surface area contributed by atoms with E-state index < -0.39 is 6.11 Å². The summed E-state index contributed by atoms with van der Waals surface area (Å²) in [5.74, 6) is 1.60. The molecule has 0 saturated heterocycles. The first kappa shape index (κ1) is 17.0. The molecule has 0 fully saturated rings. The number of nitrogens with zero attached hydrogens (tertiary/aromatic N) is 3. The van der Waals surface area contributed by atoms with Crippen LogP contribution in [0.5, 0.6) is 5.75 Å². The van der Waals surface area contributed by atoms with E-state index in [1.807, 2.05) is 12.1 Å². The van der Waals surface area contributed by atoms with Gasteiger partial charge in [-0.2, -0.15) is 18.4 Å². The Hall–Kier alpha value is -3.42. The highest BCUT2D eigenvalue weighted by atomic mass is 19.3. The lowest BCUT2D eigenvalue weighted by atomic mass is 10.1. The molecule has 0 radical (unpaired) electrons. The van der Waals surface area contributed by atoms with E-state index in [4.69, 9.17) is 4.42 Å². The maximum absolute atomic E-state index is 13.1. The summed E-state index contributed by atoms with van der Waals surface area (Å²) in [6.07, 6.45) is 1.66. The predicted octanol–water partition coefficient (Wildman–Crippen LogP) is 4.59. The molecule has 0 unspecified atom stereocenters. The molecule has 1 aromatic carbocycles. The average molecular weight is 370 g/mol. The number of ether oxygens (including phenoxy) is 1. The SMILES string of the molecule is CC(F)(F)Oc1cccc(-c2cnn3c(NCc4ccco4)ccnc23)c1. The molecule has 4 rings (SSSR count). The summed E-state index contributed by atoms with van der Waals surface area (Å²) in [6.45, 7) is 1.20. The number of fused-ring (bicyclic) bond motifs is 1. The zero-order chi connectivity index (χ0) is 18.9. The molecule has 3 heterocycles. The van der Waals surface area contributed by atoms with Crippen molar-refractivity contribution in [2.45, 2.75) is 19.6 Å². The molecule has 0 aliphatic heterocycles. The van der Waals surface area contributed by atoms with E-state index in [1.165, 1.54) is 6.07 Å². The van der Waals surface area contributed by atoms with Gasteiger partial charge < -0.3 is 14.5 Å². The molecule has 0 spiro atoms. The summed E-state index contributed by atoms with van der Waals surface area (Å²) in [7, 11) is 0. The molecule has 0 amide bonds. The van der Waals surface area contributed by atoms with E-state index in [9.17, 15) is 8.78 Å². The molecule has 4 aromatic rings. The van der Waals surface area contributed by atoms with Crippen LogP contribution in [0.4, 0.5) is 14.6 Å². The third kappa shape index (κ3) is 3.74. The van der Waals surface area contributed by atoms with Crippen LogP contribution in [0.2, 0.25) is 0 Å². The van der Waals surface area contributed by atoms with Crippen molar-refractivity contribution in [3.8, 4) is 16.9 Å². The lowest BCUT2D eigenvalue weighted by molar-refractivity contribution is -0.158. The fraction of sp³-hybridized carbons (Fsp3) is 0.158. The van der Waals surface area contributed by atoms with Crippen molar-refractivity contribution < 1.29 is 17.9 Å². The lowest BCUT2D eigenvalue weighted by Crippen LogP contribution is -2.18. The molecule has 8 heteroatoms. The summed E-state index contributed by atoms with van der Waals surface area (Å²) >= 11 is 0. The molecule has 27 heavy (non-hydrogen) atoms. The minimum absolute atomic E-state index is 0.0754. The lowest BCUT2D eigenvalue weighted by Gasteiger charge is -2.13. The van der Waals surface area contributed by atoms with Crippen molar-refractivity contribution >= 4 is 11.5 Å². The number of nitrogens with one attached hydrogen (secondary N) is 1. The minimum Gasteiger partial charge on any atom is -0.467 e. The van der Waals surface area contributed by atoms with E-state index in [1.54, 1.807) is 47.4 Å². The van der Waals surface area contributed by atoms with Crippen molar-refractivity contribution in [1.29, 1.82) is 0 Å². The Balaban J connectivity index is 1.65. The standard InChI is InChI=1S/C19H16F2N4O2/c1-19(20,21)27-14-5-2-4-13(10-14)16-12-24-25-17(7-8-22-18(16)25)23-11-15-6-3-9-26-15/h2-10,12,23H,11H2,1H3. The van der Waals surface area contributed by atoms with Gasteiger partial charge in [-0.3, -0.25) is 0 Å². The number of hydrogen-bond donors (Lipinski definition) is 1. The van der Waals surface area contributed by atoms with Gasteiger partial charge in [0.15, 0.2) is 5.65 Å². The number of benzene rings is 1. The van der Waals surface area contributed by atoms with Gasteiger partial charge in [-0.05, 0) is 35.9 Å². The quantitative estimate of drug-likeness (QED) is 0.538. The van der Waals surface area contributed by atoms with Gasteiger partial charge in [-0.25, -0.2) is 4.98 Å². The molecule has 1 N–H and O–H groups in total. The van der Waals surface area contributed by atoms with Crippen LogP contribution in [0.3, 0.4) is 0 Å². The number of furan rings is 1. The zero-order valence-corrected chi connectivity index (χ0v) is 14.4. The molecule has 0 atom stereocenters. The molecule has 6 nitrogen and oxygen atoms in total. The van der Waals surface area contributed by atoms with E-state index in [-0.39, 0.29) is 5.75 Å². The summed E-state index contributed by atoms with van der Waals surface area (Å²) in [5, 5.41) is 7.61. The fourth-order valence-corrected chi connectivity index (χ4v) is 2.75. The molecule has 3 aromatic heterocycles. The highest BCUT2D eigenvalue weighted by molar-refractivity contribution is 5.78. The second-order valence-corrected chi connectivity index (χ2v) is 5.99. The normalized spacial score (nSPS) is 11.7. The molecule has 138 valence electrons. The van der Waals surface area contributed by atoms with Gasteiger partial charge in [-0.15, -0.1) is 0 Å². The largest absolute Gasteiger partial charge is 0.467 e. The first-order chi connectivity index (χ1) is 13.0. The monoisotopic (exact) mass is 370 g/mol. The van der Waals surface area contributed by atoms with Crippen molar-refractivity contribution in [2.75, 3.05) is 5.32 Å². The van der Waals surface area contributed by atoms with Crippen molar-refractivity contribution in [2.24, 2.45) is 0 Å². The number of halogens is 2. The fourth-order valence-electron chi connectivity index (χ4n) is 2.75. The molecule has 0 bridgehead atoms. The van der Waals surface area contributed by atoms with E-state index >= 15 is 0 Å². The number of alkyl halides is 2. The minimum atomic E-state index is -3.25. The Bertz CT molecular complexity index is 1060. The van der Waals surface area contributed by atoms with Gasteiger partial charge >= 0.3 is 6.11 Å². The highest BCUT2D eigenvalue weighted by Crippen LogP contribution is 2.30. The molecule has 0 saturated carbocycles. The molecule has 0 aliphatic carbocycles. The van der Waals surface area contributed by atoms with Crippen molar-refractivity contribution in [3.63, 3.8) is 0 Å². The van der Waals surface area contributed by atoms with Gasteiger partial charge in [0, 0.05) is 18.7 Å². The van der Waals surface area contributed by atoms with E-state index in [2.05, 4.69) is 20.1 Å². The van der Waals surface area contributed by atoms with E-state index in [0.717, 1.165) is 11.6 Å². The third-order valence-corrected chi connectivity index (χ3v) is 3.87. The molecular formula is C19H16F2N4O2. The summed E-state index contributed by atoms with van der Waals surface area (Å²) in [4.78, 5) is 4.38. The number of rotatable bonds is 6. The molecular weight excluding hydrogens is 354 g/mol. The Morgan fingerprint density at radius 1 is 1.22 bits per heavy atom. The summed E-state index contributed by atoms with van der Waals surface area (Å²) in [5.41, 5.74) is 1.99. The van der Waals surface area contributed by atoms with Crippen LogP contribution < -0.4 is 10.1 Å². The van der Waals surface area contributed by atoms with Crippen LogP contribution in [0, 0.1) is 0 Å². The van der Waals surface area contributed by atoms with Gasteiger partial charge in [0.05, 0.1) is 19.0 Å². The first-order valence-electron chi connectivity index (χ1n) is 8.26. The Labute approximate surface area is 153 Å². The number of hydrogen-bond acceptors (Lipinski definition) is 5. The van der Waals surface area contributed by atoms with E-state index in [0.29, 0.717) is 30.2 Å². The Morgan fingerprint density at radius 2 is 2.11 bits per heavy atom. The van der Waals surface area contributed by atoms with Crippen LogP contribution >= 0.6 is 0 Å². The van der Waals surface area contributed by atoms with Crippen molar-refractivity contribution in [3.05, 3.63) is 66.9 Å². The van der Waals surface area contributed by atoms with Crippen LogP contribution in [0.15, 0.2) is 65.5 Å². The van der Waals surface area contributed by atoms with Crippen LogP contribution in [-0.2, 0) is 6.54 Å². The van der Waals surface area contributed by atoms with Crippen LogP contribution in [0.1, 0.15) is 12.7 Å². The van der Waals surface area contributed by atoms with Crippen molar-refractivity contribution in [1.82, 2.24) is 14.6 Å². The maximum Gasteiger partial charge on any atom is 0.394 e. The number of aromatic nitrogens is 3. The summed E-state index contributed by atoms with van der Waals surface area (Å²) in [6, 6.07) is 12.0. The smallest absolute Gasteiger partial charge is 0.394 e. The highest BCUT2D eigenvalue weighted by Gasteiger charge is 2.23. The predicted molar refractivity (Wildman–Crippen MR) is 95.7 cm³/mol. The van der Waals surface area contributed by atoms with Crippen LogP contribution in [0.25, 0.3) is 16.8 Å². The number of anilines is 1. The van der Waals surface area contributed by atoms with Gasteiger partial charge in [0.2, 0.25) is 0 Å². The second-order valence-electron chi connectivity index (χ2n) is 5.99. The van der Waals surface area contributed by atoms with Gasteiger partial charge in [-0.1, -0.05) is 12.1 Å². The maximum atomic E-state index is 13.1. The Kier molecular flexibility index (Phi) is 4.23. The topological polar surface area (TPSA) is 64.6 Å². The molecule has 0 aliphatic rings. The first-order valence-corrected chi connectivity index (χ1v) is 8.26. The van der Waals surface area contributed by atoms with Gasteiger partial charge in [0.25, 0.3) is 0 Å². The summed E-state index contributed by atoms with van der Waals surface area (Å²) < 4.78 is 37.9. The average Bonchev–Trinajstić information content (AvgIpc) is 3.28. The van der Waals surface area contributed by atoms with Gasteiger partial charge in [0.1, 0.15) is 17.3 Å². The third-order valence-electron chi connectivity index (χ3n) is 3.87. The Morgan fingerprint density at radius 3 is 2.89 bits per heavy atom. The zero-order valence-electron chi connectivity index (χ0n) is 14.4. The van der Waals surface area contributed by atoms with Crippen LogP contribution in [-0.4, -0.2) is 20.7 Å².